The van der Waals surface area contributed by atoms with Gasteiger partial charge in [-0.05, 0) is 12.8 Å². The number of pyridine rings is 1. The lowest BCUT2D eigenvalue weighted by atomic mass is 9.93. The van der Waals surface area contributed by atoms with Crippen LogP contribution in [0.15, 0.2) is 12.4 Å². The number of aromatic nitrogens is 3. The van der Waals surface area contributed by atoms with Crippen LogP contribution in [0.1, 0.15) is 23.2 Å². The third-order valence-corrected chi connectivity index (χ3v) is 6.84. The second kappa shape index (κ2) is 9.29. The summed E-state index contributed by atoms with van der Waals surface area (Å²) in [5.41, 5.74) is 6.40. The molecule has 1 atom stereocenters. The van der Waals surface area contributed by atoms with Crippen molar-refractivity contribution in [3.63, 3.8) is 0 Å². The molecule has 5 rings (SSSR count). The van der Waals surface area contributed by atoms with Crippen LogP contribution < -0.4 is 21.3 Å². The molecular weight excluding hydrogens is 462 g/mol. The molecule has 2 fully saturated rings. The highest BCUT2D eigenvalue weighted by atomic mass is 19.1. The van der Waals surface area contributed by atoms with Gasteiger partial charge in [-0.3, -0.25) is 14.6 Å². The number of carbonyl (C=O) groups is 2. The molecule has 0 aliphatic carbocycles. The molecule has 0 saturated carbocycles. The number of piperidine rings is 1. The van der Waals surface area contributed by atoms with Crippen LogP contribution in [0, 0.1) is 11.7 Å². The lowest BCUT2D eigenvalue weighted by molar-refractivity contribution is -0.148. The van der Waals surface area contributed by atoms with Crippen molar-refractivity contribution in [2.75, 3.05) is 61.1 Å². The SMILES string of the molecule is COC1CN(C(=O)C2CCN(c3c(F)cncc3NC(=O)c3c(N)nn4c3NCC(F)C4)CC2)C1. The van der Waals surface area contributed by atoms with Gasteiger partial charge in [-0.1, -0.05) is 0 Å². The summed E-state index contributed by atoms with van der Waals surface area (Å²) in [6, 6.07) is 0. The summed E-state index contributed by atoms with van der Waals surface area (Å²) in [6.45, 7) is 2.14. The van der Waals surface area contributed by atoms with Crippen molar-refractivity contribution in [2.24, 2.45) is 5.92 Å². The number of nitrogen functional groups attached to an aromatic ring is 1. The first-order valence-corrected chi connectivity index (χ1v) is 11.6. The van der Waals surface area contributed by atoms with Gasteiger partial charge in [0, 0.05) is 45.8 Å². The molecule has 11 nitrogen and oxygen atoms in total. The third kappa shape index (κ3) is 4.35. The van der Waals surface area contributed by atoms with Gasteiger partial charge in [-0.25, -0.2) is 13.5 Å². The Bertz CT molecular complexity index is 1130. The average Bonchev–Trinajstić information content (AvgIpc) is 3.13. The zero-order chi connectivity index (χ0) is 24.7. The van der Waals surface area contributed by atoms with E-state index in [2.05, 4.69) is 20.7 Å². The van der Waals surface area contributed by atoms with Crippen molar-refractivity contribution >= 4 is 34.8 Å². The highest BCUT2D eigenvalue weighted by molar-refractivity contribution is 6.12. The normalized spacial score (nSPS) is 20.7. The second-order valence-corrected chi connectivity index (χ2v) is 9.10. The molecule has 0 spiro atoms. The molecule has 0 radical (unpaired) electrons. The fourth-order valence-electron chi connectivity index (χ4n) is 4.88. The Hall–Kier alpha value is -3.48. The Balaban J connectivity index is 1.29. The van der Waals surface area contributed by atoms with E-state index >= 15 is 0 Å². The van der Waals surface area contributed by atoms with Gasteiger partial charge in [-0.15, -0.1) is 0 Å². The second-order valence-electron chi connectivity index (χ2n) is 9.10. The van der Waals surface area contributed by atoms with Crippen LogP contribution in [0.4, 0.5) is 31.8 Å². The number of carbonyl (C=O) groups excluding carboxylic acids is 2. The summed E-state index contributed by atoms with van der Waals surface area (Å²) >= 11 is 0. The molecule has 2 aromatic rings. The quantitative estimate of drug-likeness (QED) is 0.568. The van der Waals surface area contributed by atoms with Crippen LogP contribution in [-0.4, -0.2) is 83.6 Å². The molecule has 5 heterocycles. The van der Waals surface area contributed by atoms with E-state index in [-0.39, 0.29) is 53.8 Å². The van der Waals surface area contributed by atoms with Gasteiger partial charge in [0.05, 0.1) is 30.7 Å². The molecule has 188 valence electrons. The van der Waals surface area contributed by atoms with Crippen molar-refractivity contribution in [2.45, 2.75) is 31.7 Å². The summed E-state index contributed by atoms with van der Waals surface area (Å²) < 4.78 is 35.2. The third-order valence-electron chi connectivity index (χ3n) is 6.84. The zero-order valence-electron chi connectivity index (χ0n) is 19.3. The minimum Gasteiger partial charge on any atom is -0.381 e. The maximum Gasteiger partial charge on any atom is 0.263 e. The monoisotopic (exact) mass is 490 g/mol. The van der Waals surface area contributed by atoms with E-state index in [0.29, 0.717) is 44.8 Å². The minimum absolute atomic E-state index is 0.0101. The molecule has 0 aromatic carbocycles. The maximum absolute atomic E-state index is 14.9. The van der Waals surface area contributed by atoms with Crippen LogP contribution in [0.2, 0.25) is 0 Å². The van der Waals surface area contributed by atoms with Gasteiger partial charge in [0.25, 0.3) is 5.91 Å². The van der Waals surface area contributed by atoms with E-state index in [9.17, 15) is 18.4 Å². The number of rotatable bonds is 5. The number of methoxy groups -OCH3 is 1. The van der Waals surface area contributed by atoms with Crippen LogP contribution in [0.3, 0.4) is 0 Å². The number of alkyl halides is 1. The summed E-state index contributed by atoms with van der Waals surface area (Å²) in [4.78, 5) is 33.3. The number of nitrogens with two attached hydrogens (primary N) is 1. The largest absolute Gasteiger partial charge is 0.381 e. The number of nitrogens with zero attached hydrogens (tertiary/aromatic N) is 5. The molecule has 2 aromatic heterocycles. The molecule has 2 amide bonds. The predicted octanol–water partition coefficient (Wildman–Crippen LogP) is 1.09. The number of hydrogen-bond acceptors (Lipinski definition) is 8. The number of anilines is 4. The number of halogens is 2. The Morgan fingerprint density at radius 2 is 1.97 bits per heavy atom. The smallest absolute Gasteiger partial charge is 0.263 e. The molecule has 2 saturated heterocycles. The van der Waals surface area contributed by atoms with E-state index in [1.807, 2.05) is 4.90 Å². The van der Waals surface area contributed by atoms with Gasteiger partial charge in [0.1, 0.15) is 23.2 Å². The summed E-state index contributed by atoms with van der Waals surface area (Å²) in [5, 5.41) is 9.58. The lowest BCUT2D eigenvalue weighted by Gasteiger charge is -2.42. The standard InChI is InChI=1S/C22H28F2N8O3/c1-35-14-10-31(11-14)22(34)12-2-4-30(5-3-12)18-15(24)7-26-8-16(18)28-21(33)17-19(25)29-32-9-13(23)6-27-20(17)32/h7-8,12-14,27H,2-6,9-11H2,1H3,(H2,25,29)(H,28,33). The van der Waals surface area contributed by atoms with E-state index in [1.54, 1.807) is 12.0 Å². The fraction of sp³-hybridized carbons (Fsp3) is 0.545. The minimum atomic E-state index is -1.14. The Labute approximate surface area is 200 Å². The first-order valence-electron chi connectivity index (χ1n) is 11.6. The van der Waals surface area contributed by atoms with E-state index in [1.165, 1.54) is 10.9 Å². The number of fused-ring (bicyclic) bond motifs is 1. The molecule has 4 N–H and O–H groups in total. The van der Waals surface area contributed by atoms with Crippen LogP contribution >= 0.6 is 0 Å². The molecule has 3 aliphatic rings. The number of hydrogen-bond donors (Lipinski definition) is 3. The summed E-state index contributed by atoms with van der Waals surface area (Å²) in [7, 11) is 1.64. The van der Waals surface area contributed by atoms with Crippen LogP contribution in [0.5, 0.6) is 0 Å². The molecule has 35 heavy (non-hydrogen) atoms. The predicted molar refractivity (Wildman–Crippen MR) is 124 cm³/mol. The van der Waals surface area contributed by atoms with Crippen molar-refractivity contribution < 1.29 is 23.1 Å². The van der Waals surface area contributed by atoms with Crippen molar-refractivity contribution in [1.82, 2.24) is 19.7 Å². The van der Waals surface area contributed by atoms with Gasteiger partial charge in [0.15, 0.2) is 11.6 Å². The van der Waals surface area contributed by atoms with Gasteiger partial charge in [0.2, 0.25) is 5.91 Å². The Morgan fingerprint density at radius 1 is 1.23 bits per heavy atom. The number of likely N-dealkylation sites (tertiary alicyclic amines) is 1. The van der Waals surface area contributed by atoms with Gasteiger partial charge < -0.3 is 30.9 Å². The van der Waals surface area contributed by atoms with Crippen molar-refractivity contribution in [3.05, 3.63) is 23.8 Å². The fourth-order valence-corrected chi connectivity index (χ4v) is 4.88. The molecule has 1 unspecified atom stereocenters. The number of nitrogens with one attached hydrogen (secondary N) is 2. The van der Waals surface area contributed by atoms with E-state index < -0.39 is 17.9 Å². The average molecular weight is 491 g/mol. The molecular formula is C22H28F2N8O3. The molecule has 13 heteroatoms. The molecule has 0 bridgehead atoms. The highest BCUT2D eigenvalue weighted by Crippen LogP contribution is 2.34. The van der Waals surface area contributed by atoms with Gasteiger partial charge >= 0.3 is 0 Å². The Kier molecular flexibility index (Phi) is 6.17. The van der Waals surface area contributed by atoms with E-state index in [4.69, 9.17) is 10.5 Å². The van der Waals surface area contributed by atoms with Crippen molar-refractivity contribution in [3.8, 4) is 0 Å². The van der Waals surface area contributed by atoms with Crippen LogP contribution in [0.25, 0.3) is 0 Å². The topological polar surface area (TPSA) is 131 Å². The van der Waals surface area contributed by atoms with Gasteiger partial charge in [-0.2, -0.15) is 5.10 Å². The first-order chi connectivity index (χ1) is 16.9. The zero-order valence-corrected chi connectivity index (χ0v) is 19.3. The lowest BCUT2D eigenvalue weighted by Crippen LogP contribution is -2.57. The molecule has 3 aliphatic heterocycles. The highest BCUT2D eigenvalue weighted by Gasteiger charge is 2.36. The van der Waals surface area contributed by atoms with E-state index in [0.717, 1.165) is 6.20 Å². The Morgan fingerprint density at radius 3 is 2.69 bits per heavy atom. The summed E-state index contributed by atoms with van der Waals surface area (Å²) in [6.07, 6.45) is 2.55. The van der Waals surface area contributed by atoms with Crippen molar-refractivity contribution in [1.29, 1.82) is 0 Å². The number of ether oxygens (including phenoxy) is 1. The first kappa shape index (κ1) is 23.3. The van der Waals surface area contributed by atoms with Crippen LogP contribution in [-0.2, 0) is 16.1 Å². The maximum atomic E-state index is 14.9. The summed E-state index contributed by atoms with van der Waals surface area (Å²) in [5.74, 6) is -0.936. The number of amides is 2.